The quantitative estimate of drug-likeness (QED) is 0.688. The van der Waals surface area contributed by atoms with E-state index in [9.17, 15) is 4.79 Å². The summed E-state index contributed by atoms with van der Waals surface area (Å²) in [7, 11) is 1.63. The Morgan fingerprint density at radius 2 is 1.73 bits per heavy atom. The van der Waals surface area contributed by atoms with Crippen molar-refractivity contribution in [1.29, 1.82) is 0 Å². The molecule has 2 amide bonds. The van der Waals surface area contributed by atoms with Crippen LogP contribution in [0.3, 0.4) is 0 Å². The molecule has 0 aliphatic heterocycles. The Bertz CT molecular complexity index is 829. The van der Waals surface area contributed by atoms with Crippen LogP contribution in [0.25, 0.3) is 0 Å². The van der Waals surface area contributed by atoms with E-state index in [0.717, 1.165) is 22.4 Å². The largest absolute Gasteiger partial charge is 0.497 e. The van der Waals surface area contributed by atoms with Gasteiger partial charge < -0.3 is 15.4 Å². The first-order valence-corrected chi connectivity index (χ1v) is 8.43. The normalized spacial score (nSPS) is 10.3. The highest BCUT2D eigenvalue weighted by atomic mass is 16.5. The summed E-state index contributed by atoms with van der Waals surface area (Å²) in [4.78, 5) is 12.1. The lowest BCUT2D eigenvalue weighted by Gasteiger charge is -2.12. The Balaban J connectivity index is 1.51. The fourth-order valence-electron chi connectivity index (χ4n) is 2.62. The smallest absolute Gasteiger partial charge is 0.315 e. The van der Waals surface area contributed by atoms with Crippen LogP contribution in [0.1, 0.15) is 16.7 Å². The number of hydrogen-bond acceptors (Lipinski definition) is 3. The van der Waals surface area contributed by atoms with Crippen molar-refractivity contribution in [1.82, 2.24) is 20.4 Å². The van der Waals surface area contributed by atoms with Crippen LogP contribution in [-0.2, 0) is 19.6 Å². The lowest BCUT2D eigenvalue weighted by Crippen LogP contribution is -2.34. The number of hydrogen-bond donors (Lipinski definition) is 2. The molecule has 1 aromatic heterocycles. The number of benzene rings is 2. The molecule has 0 saturated heterocycles. The average Bonchev–Trinajstić information content (AvgIpc) is 3.19. The van der Waals surface area contributed by atoms with Crippen molar-refractivity contribution in [3.63, 3.8) is 0 Å². The van der Waals surface area contributed by atoms with Crippen molar-refractivity contribution in [2.45, 2.75) is 19.6 Å². The summed E-state index contributed by atoms with van der Waals surface area (Å²) in [6, 6.07) is 17.3. The molecule has 6 nitrogen and oxygen atoms in total. The van der Waals surface area contributed by atoms with Gasteiger partial charge in [0.25, 0.3) is 0 Å². The average molecular weight is 350 g/mol. The molecule has 1 heterocycles. The second-order valence-corrected chi connectivity index (χ2v) is 5.86. The molecule has 0 saturated carbocycles. The van der Waals surface area contributed by atoms with Gasteiger partial charge in [-0.05, 0) is 34.9 Å². The number of carbonyl (C=O) groups is 1. The number of amides is 2. The van der Waals surface area contributed by atoms with Gasteiger partial charge in [0.2, 0.25) is 0 Å². The first-order chi connectivity index (χ1) is 12.7. The van der Waals surface area contributed by atoms with E-state index in [4.69, 9.17) is 4.74 Å². The molecule has 6 heteroatoms. The van der Waals surface area contributed by atoms with Gasteiger partial charge in [-0.2, -0.15) is 5.10 Å². The maximum atomic E-state index is 12.1. The highest BCUT2D eigenvalue weighted by Gasteiger charge is 2.06. The molecule has 134 valence electrons. The molecule has 0 aliphatic carbocycles. The maximum absolute atomic E-state index is 12.1. The fraction of sp³-hybridized carbons (Fsp3) is 0.200. The Labute approximate surface area is 152 Å². The minimum Gasteiger partial charge on any atom is -0.497 e. The SMILES string of the molecule is COc1ccc(CNC(=O)NCc2ccccc2Cn2cccn2)cc1. The van der Waals surface area contributed by atoms with Gasteiger partial charge in [-0.25, -0.2) is 4.79 Å². The van der Waals surface area contributed by atoms with Gasteiger partial charge in [0.15, 0.2) is 0 Å². The number of nitrogens with one attached hydrogen (secondary N) is 2. The van der Waals surface area contributed by atoms with Crippen LogP contribution >= 0.6 is 0 Å². The lowest BCUT2D eigenvalue weighted by atomic mass is 10.1. The van der Waals surface area contributed by atoms with Crippen molar-refractivity contribution in [3.8, 4) is 5.75 Å². The third-order valence-corrected chi connectivity index (χ3v) is 4.06. The molecule has 3 rings (SSSR count). The first-order valence-electron chi connectivity index (χ1n) is 8.43. The monoisotopic (exact) mass is 350 g/mol. The zero-order valence-corrected chi connectivity index (χ0v) is 14.7. The van der Waals surface area contributed by atoms with Gasteiger partial charge in [0.1, 0.15) is 5.75 Å². The van der Waals surface area contributed by atoms with Crippen LogP contribution in [0.2, 0.25) is 0 Å². The molecule has 0 atom stereocenters. The Morgan fingerprint density at radius 3 is 2.42 bits per heavy atom. The van der Waals surface area contributed by atoms with Crippen LogP contribution in [0.4, 0.5) is 4.79 Å². The van der Waals surface area contributed by atoms with Crippen molar-refractivity contribution in [2.75, 3.05) is 7.11 Å². The lowest BCUT2D eigenvalue weighted by molar-refractivity contribution is 0.240. The summed E-state index contributed by atoms with van der Waals surface area (Å²) in [6.45, 7) is 1.61. The second kappa shape index (κ2) is 8.71. The Kier molecular flexibility index (Phi) is 5.88. The van der Waals surface area contributed by atoms with Crippen molar-refractivity contribution in [3.05, 3.63) is 83.7 Å². The topological polar surface area (TPSA) is 68.2 Å². The molecule has 2 N–H and O–H groups in total. The molecule has 0 aliphatic rings. The van der Waals surface area contributed by atoms with E-state index in [0.29, 0.717) is 19.6 Å². The number of rotatable bonds is 7. The third-order valence-electron chi connectivity index (χ3n) is 4.06. The zero-order valence-electron chi connectivity index (χ0n) is 14.7. The van der Waals surface area contributed by atoms with Gasteiger partial charge in [-0.3, -0.25) is 4.68 Å². The number of aromatic nitrogens is 2. The van der Waals surface area contributed by atoms with Crippen LogP contribution in [-0.4, -0.2) is 22.9 Å². The first kappa shape index (κ1) is 17.5. The summed E-state index contributed by atoms with van der Waals surface area (Å²) in [5, 5.41) is 10.0. The second-order valence-electron chi connectivity index (χ2n) is 5.86. The summed E-state index contributed by atoms with van der Waals surface area (Å²) >= 11 is 0. The van der Waals surface area contributed by atoms with E-state index in [2.05, 4.69) is 15.7 Å². The maximum Gasteiger partial charge on any atom is 0.315 e. The molecule has 0 bridgehead atoms. The van der Waals surface area contributed by atoms with Gasteiger partial charge in [-0.1, -0.05) is 36.4 Å². The summed E-state index contributed by atoms with van der Waals surface area (Å²) < 4.78 is 6.99. The zero-order chi connectivity index (χ0) is 18.2. The van der Waals surface area contributed by atoms with E-state index >= 15 is 0 Å². The summed E-state index contributed by atoms with van der Waals surface area (Å²) in [6.07, 6.45) is 3.68. The number of carbonyl (C=O) groups excluding carboxylic acids is 1. The highest BCUT2D eigenvalue weighted by molar-refractivity contribution is 5.73. The Hall–Kier alpha value is -3.28. The van der Waals surface area contributed by atoms with Crippen LogP contribution in [0, 0.1) is 0 Å². The van der Waals surface area contributed by atoms with E-state index in [-0.39, 0.29) is 6.03 Å². The van der Waals surface area contributed by atoms with Gasteiger partial charge in [0.05, 0.1) is 13.7 Å². The molecule has 3 aromatic rings. The van der Waals surface area contributed by atoms with Crippen molar-refractivity contribution in [2.24, 2.45) is 0 Å². The Morgan fingerprint density at radius 1 is 1.00 bits per heavy atom. The van der Waals surface area contributed by atoms with E-state index in [1.54, 1.807) is 13.3 Å². The standard InChI is InChI=1S/C20H22N4O2/c1-26-19-9-7-16(8-10-19)13-21-20(25)22-14-17-5-2-3-6-18(17)15-24-12-4-11-23-24/h2-12H,13-15H2,1H3,(H2,21,22,25). The fourth-order valence-corrected chi connectivity index (χ4v) is 2.62. The highest BCUT2D eigenvalue weighted by Crippen LogP contribution is 2.11. The predicted molar refractivity (Wildman–Crippen MR) is 99.8 cm³/mol. The van der Waals surface area contributed by atoms with Crippen molar-refractivity contribution < 1.29 is 9.53 Å². The van der Waals surface area contributed by atoms with Gasteiger partial charge in [0, 0.05) is 25.5 Å². The summed E-state index contributed by atoms with van der Waals surface area (Å²) in [5.41, 5.74) is 3.22. The number of nitrogens with zero attached hydrogens (tertiary/aromatic N) is 2. The van der Waals surface area contributed by atoms with E-state index in [1.807, 2.05) is 65.5 Å². The summed E-state index contributed by atoms with van der Waals surface area (Å²) in [5.74, 6) is 0.798. The number of urea groups is 1. The van der Waals surface area contributed by atoms with Gasteiger partial charge >= 0.3 is 6.03 Å². The molecule has 2 aromatic carbocycles. The molecular weight excluding hydrogens is 328 g/mol. The van der Waals surface area contributed by atoms with E-state index < -0.39 is 0 Å². The van der Waals surface area contributed by atoms with Crippen LogP contribution < -0.4 is 15.4 Å². The molecular formula is C20H22N4O2. The number of methoxy groups -OCH3 is 1. The number of ether oxygens (including phenoxy) is 1. The van der Waals surface area contributed by atoms with Crippen molar-refractivity contribution >= 4 is 6.03 Å². The third kappa shape index (κ3) is 4.86. The minimum absolute atomic E-state index is 0.199. The molecule has 0 unspecified atom stereocenters. The molecule has 0 radical (unpaired) electrons. The molecule has 26 heavy (non-hydrogen) atoms. The minimum atomic E-state index is -0.199. The predicted octanol–water partition coefficient (Wildman–Crippen LogP) is 2.94. The van der Waals surface area contributed by atoms with Crippen LogP contribution in [0.15, 0.2) is 67.0 Å². The van der Waals surface area contributed by atoms with Gasteiger partial charge in [-0.15, -0.1) is 0 Å². The molecule has 0 spiro atoms. The van der Waals surface area contributed by atoms with E-state index in [1.165, 1.54) is 0 Å². The van der Waals surface area contributed by atoms with Crippen LogP contribution in [0.5, 0.6) is 5.75 Å². The molecule has 0 fully saturated rings.